The molecule has 0 bridgehead atoms. The van der Waals surface area contributed by atoms with Gasteiger partial charge in [0.25, 0.3) is 0 Å². The number of carbonyl (C=O) groups is 3. The summed E-state index contributed by atoms with van der Waals surface area (Å²) >= 11 is 1.50. The molecular formula is C34H40O8SSi. The third kappa shape index (κ3) is 8.59. The number of carbonyl (C=O) groups excluding carboxylic acids is 3. The molecule has 1 aliphatic rings. The quantitative estimate of drug-likeness (QED) is 0.102. The molecule has 0 amide bonds. The monoisotopic (exact) mass is 636 g/mol. The first kappa shape index (κ1) is 33.4. The molecule has 4 rings (SSSR count). The van der Waals surface area contributed by atoms with E-state index in [9.17, 15) is 14.4 Å². The fourth-order valence-electron chi connectivity index (χ4n) is 4.39. The highest BCUT2D eigenvalue weighted by Gasteiger charge is 2.55. The molecule has 1 heterocycles. The van der Waals surface area contributed by atoms with Crippen molar-refractivity contribution < 1.29 is 37.8 Å². The average Bonchev–Trinajstić information content (AvgIpc) is 2.99. The van der Waals surface area contributed by atoms with Crippen LogP contribution in [0.1, 0.15) is 48.4 Å². The summed E-state index contributed by atoms with van der Waals surface area (Å²) in [5, 5.41) is -0.221. The molecule has 0 radical (unpaired) electrons. The summed E-state index contributed by atoms with van der Waals surface area (Å²) in [4.78, 5) is 40.4. The maximum atomic E-state index is 13.5. The van der Waals surface area contributed by atoms with E-state index in [1.807, 2.05) is 30.3 Å². The van der Waals surface area contributed by atoms with Gasteiger partial charge >= 0.3 is 17.9 Å². The van der Waals surface area contributed by atoms with Crippen molar-refractivity contribution in [1.29, 1.82) is 0 Å². The standard InChI is InChI=1S/C34H40O8SSi/c1-23(35)38-28-27(22-43-26-20-14-9-15-21-26)39-33(42-44(5,6)34(2,3)4)30(41-32(37)25-18-12-8-13-19-25)29(28)40-31(36)24-16-10-7-11-17-24/h7-21,27-30,33H,22H2,1-6H3/t27-,28-,29+,30-,33-/m1/s1. The van der Waals surface area contributed by atoms with Crippen molar-refractivity contribution in [1.82, 2.24) is 0 Å². The molecule has 0 spiro atoms. The van der Waals surface area contributed by atoms with Crippen LogP contribution in [0.15, 0.2) is 95.9 Å². The topological polar surface area (TPSA) is 97.4 Å². The first-order valence-corrected chi connectivity index (χ1v) is 18.5. The minimum absolute atomic E-state index is 0.221. The van der Waals surface area contributed by atoms with E-state index in [0.29, 0.717) is 16.9 Å². The molecule has 3 aromatic rings. The average molecular weight is 637 g/mol. The van der Waals surface area contributed by atoms with Gasteiger partial charge in [0.1, 0.15) is 6.10 Å². The van der Waals surface area contributed by atoms with Crippen LogP contribution in [-0.4, -0.2) is 62.7 Å². The molecule has 5 atom stereocenters. The van der Waals surface area contributed by atoms with Gasteiger partial charge in [0.2, 0.25) is 0 Å². The van der Waals surface area contributed by atoms with E-state index in [-0.39, 0.29) is 5.04 Å². The van der Waals surface area contributed by atoms with Gasteiger partial charge in [-0.15, -0.1) is 11.8 Å². The molecule has 0 saturated carbocycles. The lowest BCUT2D eigenvalue weighted by Gasteiger charge is -2.48. The van der Waals surface area contributed by atoms with Gasteiger partial charge < -0.3 is 23.4 Å². The van der Waals surface area contributed by atoms with E-state index in [0.717, 1.165) is 4.90 Å². The number of thioether (sulfide) groups is 1. The molecule has 0 aromatic heterocycles. The Morgan fingerprint density at radius 2 is 1.20 bits per heavy atom. The summed E-state index contributed by atoms with van der Waals surface area (Å²) in [5.74, 6) is -1.55. The number of benzene rings is 3. The van der Waals surface area contributed by atoms with E-state index in [2.05, 4.69) is 33.9 Å². The maximum absolute atomic E-state index is 13.5. The Labute approximate surface area is 264 Å². The van der Waals surface area contributed by atoms with Crippen LogP contribution in [-0.2, 0) is 28.2 Å². The summed E-state index contributed by atoms with van der Waals surface area (Å²) in [6, 6.07) is 26.7. The summed E-state index contributed by atoms with van der Waals surface area (Å²) in [7, 11) is -2.54. The lowest BCUT2D eigenvalue weighted by atomic mass is 9.98. The highest BCUT2D eigenvalue weighted by Crippen LogP contribution is 2.41. The highest BCUT2D eigenvalue weighted by atomic mass is 32.2. The van der Waals surface area contributed by atoms with Crippen LogP contribution in [0.3, 0.4) is 0 Å². The number of esters is 3. The highest BCUT2D eigenvalue weighted by molar-refractivity contribution is 7.99. The number of hydrogen-bond donors (Lipinski definition) is 0. The zero-order valence-electron chi connectivity index (χ0n) is 25.9. The van der Waals surface area contributed by atoms with Crippen molar-refractivity contribution in [3.05, 3.63) is 102 Å². The van der Waals surface area contributed by atoms with Gasteiger partial charge in [-0.3, -0.25) is 4.79 Å². The molecule has 1 aliphatic heterocycles. The fraction of sp³-hybridized carbons (Fsp3) is 0.382. The molecular weight excluding hydrogens is 597 g/mol. The van der Waals surface area contributed by atoms with Crippen molar-refractivity contribution in [2.75, 3.05) is 5.75 Å². The lowest BCUT2D eigenvalue weighted by molar-refractivity contribution is -0.273. The number of ether oxygens (including phenoxy) is 4. The van der Waals surface area contributed by atoms with Crippen LogP contribution in [0.5, 0.6) is 0 Å². The van der Waals surface area contributed by atoms with Crippen LogP contribution in [0, 0.1) is 0 Å². The zero-order chi connectivity index (χ0) is 31.9. The number of hydrogen-bond acceptors (Lipinski definition) is 9. The van der Waals surface area contributed by atoms with Gasteiger partial charge in [0.15, 0.2) is 32.9 Å². The van der Waals surface area contributed by atoms with Gasteiger partial charge in [-0.2, -0.15) is 0 Å². The Hall–Kier alpha value is -3.44. The molecule has 0 aliphatic carbocycles. The van der Waals surface area contributed by atoms with Crippen molar-refractivity contribution in [3.8, 4) is 0 Å². The summed E-state index contributed by atoms with van der Waals surface area (Å²) in [5.41, 5.74) is 0.600. The molecule has 234 valence electrons. The minimum Gasteiger partial charge on any atom is -0.456 e. The Morgan fingerprint density at radius 3 is 1.68 bits per heavy atom. The minimum atomic E-state index is -2.54. The van der Waals surface area contributed by atoms with Crippen LogP contribution in [0.25, 0.3) is 0 Å². The molecule has 8 nitrogen and oxygen atoms in total. The first-order chi connectivity index (χ1) is 20.9. The normalized spacial score (nSPS) is 22.1. The Bertz CT molecular complexity index is 1400. The molecule has 3 aromatic carbocycles. The van der Waals surface area contributed by atoms with E-state index in [1.165, 1.54) is 18.7 Å². The SMILES string of the molecule is CC(=O)O[C@H]1[C@H](OC(=O)c2ccccc2)[C@@H](OC(=O)c2ccccc2)[C@@H](O[Si](C)(C)C(C)(C)C)O[C@@H]1CSc1ccccc1. The predicted octanol–water partition coefficient (Wildman–Crippen LogP) is 6.91. The Kier molecular flexibility index (Phi) is 11.1. The first-order valence-electron chi connectivity index (χ1n) is 14.6. The summed E-state index contributed by atoms with van der Waals surface area (Å²) in [6.07, 6.45) is -5.44. The van der Waals surface area contributed by atoms with E-state index in [1.54, 1.807) is 60.7 Å². The van der Waals surface area contributed by atoms with E-state index in [4.69, 9.17) is 23.4 Å². The largest absolute Gasteiger partial charge is 0.456 e. The molecule has 0 unspecified atom stereocenters. The second kappa shape index (κ2) is 14.6. The van der Waals surface area contributed by atoms with Crippen LogP contribution < -0.4 is 0 Å². The second-order valence-electron chi connectivity index (χ2n) is 12.1. The number of rotatable bonds is 10. The van der Waals surface area contributed by atoms with Gasteiger partial charge in [-0.05, 0) is 54.5 Å². The smallest absolute Gasteiger partial charge is 0.338 e. The van der Waals surface area contributed by atoms with E-state index >= 15 is 0 Å². The van der Waals surface area contributed by atoms with Crippen molar-refractivity contribution in [2.24, 2.45) is 0 Å². The van der Waals surface area contributed by atoms with Gasteiger partial charge in [0, 0.05) is 17.6 Å². The van der Waals surface area contributed by atoms with Crippen LogP contribution >= 0.6 is 11.8 Å². The van der Waals surface area contributed by atoms with Crippen molar-refractivity contribution >= 4 is 38.0 Å². The molecule has 10 heteroatoms. The van der Waals surface area contributed by atoms with E-state index < -0.39 is 56.9 Å². The fourth-order valence-corrected chi connectivity index (χ4v) is 6.49. The molecule has 1 saturated heterocycles. The van der Waals surface area contributed by atoms with Gasteiger partial charge in [-0.1, -0.05) is 75.4 Å². The van der Waals surface area contributed by atoms with Gasteiger partial charge in [-0.25, -0.2) is 9.59 Å². The van der Waals surface area contributed by atoms with Crippen LogP contribution in [0.2, 0.25) is 18.1 Å². The zero-order valence-corrected chi connectivity index (χ0v) is 27.7. The summed E-state index contributed by atoms with van der Waals surface area (Å²) in [6.45, 7) is 11.7. The molecule has 44 heavy (non-hydrogen) atoms. The Morgan fingerprint density at radius 1 is 0.727 bits per heavy atom. The lowest BCUT2D eigenvalue weighted by Crippen LogP contribution is -2.64. The Balaban J connectivity index is 1.78. The third-order valence-corrected chi connectivity index (χ3v) is 13.3. The van der Waals surface area contributed by atoms with Gasteiger partial charge in [0.05, 0.1) is 11.1 Å². The third-order valence-electron chi connectivity index (χ3n) is 7.77. The maximum Gasteiger partial charge on any atom is 0.338 e. The van der Waals surface area contributed by atoms with Crippen molar-refractivity contribution in [2.45, 2.75) is 81.4 Å². The second-order valence-corrected chi connectivity index (χ2v) is 17.9. The predicted molar refractivity (Wildman–Crippen MR) is 171 cm³/mol. The summed E-state index contributed by atoms with van der Waals surface area (Å²) < 4.78 is 31.3. The molecule has 0 N–H and O–H groups in total. The van der Waals surface area contributed by atoms with Crippen molar-refractivity contribution in [3.63, 3.8) is 0 Å². The van der Waals surface area contributed by atoms with Crippen LogP contribution in [0.4, 0.5) is 0 Å². The molecule has 1 fully saturated rings.